The predicted octanol–water partition coefficient (Wildman–Crippen LogP) is 7.96. The van der Waals surface area contributed by atoms with Crippen molar-refractivity contribution in [2.45, 2.75) is 38.8 Å². The van der Waals surface area contributed by atoms with Crippen LogP contribution in [0.2, 0.25) is 0 Å². The zero-order chi connectivity index (χ0) is 28.3. The molecule has 0 aliphatic rings. The zero-order valence-electron chi connectivity index (χ0n) is 22.7. The Hall–Kier alpha value is -4.91. The molecule has 0 amide bonds. The molecule has 0 bridgehead atoms. The smallest absolute Gasteiger partial charge is 0.220 e. The van der Waals surface area contributed by atoms with Crippen LogP contribution in [0.4, 0.5) is 11.4 Å². The summed E-state index contributed by atoms with van der Waals surface area (Å²) in [5, 5.41) is 23.2. The van der Waals surface area contributed by atoms with Crippen molar-refractivity contribution in [3.8, 4) is 23.0 Å². The molecule has 0 saturated heterocycles. The Labute approximate surface area is 235 Å². The molecule has 4 aromatic carbocycles. The molecule has 0 aliphatic carbocycles. The second-order valence-corrected chi connectivity index (χ2v) is 9.66. The third kappa shape index (κ3) is 8.56. The zero-order valence-corrected chi connectivity index (χ0v) is 22.7. The second-order valence-electron chi connectivity index (χ2n) is 9.66. The number of hydrogen-bond acceptors (Lipinski definition) is 7. The number of Topliss-reactive ketones (excluding diaryl/α,β-unsaturated/α-hetero) is 1. The monoisotopic (exact) mass is 534 g/mol. The maximum absolute atomic E-state index is 12.7. The number of hydrogen-bond donors (Lipinski definition) is 4. The average Bonchev–Trinajstić information content (AvgIpc) is 2.95. The third-order valence-corrected chi connectivity index (χ3v) is 6.06. The molecule has 0 aromatic heterocycles. The van der Waals surface area contributed by atoms with Crippen LogP contribution in [-0.2, 0) is 4.79 Å². The average molecular weight is 535 g/mol. The second kappa shape index (κ2) is 13.8. The molecule has 4 N–H and O–H groups in total. The Morgan fingerprint density at radius 3 is 1.25 bits per heavy atom. The van der Waals surface area contributed by atoms with E-state index in [-0.39, 0.29) is 36.3 Å². The molecule has 4 aromatic rings. The molecule has 0 radical (unpaired) electrons. The summed E-state index contributed by atoms with van der Waals surface area (Å²) in [6, 6.07) is 33.9. The maximum Gasteiger partial charge on any atom is 0.220 e. The summed E-state index contributed by atoms with van der Waals surface area (Å²) in [7, 11) is 0. The van der Waals surface area contributed by atoms with E-state index in [9.17, 15) is 4.79 Å². The number of para-hydroxylation sites is 2. The van der Waals surface area contributed by atoms with E-state index in [2.05, 4.69) is 10.6 Å². The molecule has 40 heavy (non-hydrogen) atoms. The number of carbonyl (C=O) groups excluding carboxylic acids is 1. The first kappa shape index (κ1) is 28.1. The first-order valence-corrected chi connectivity index (χ1v) is 13.2. The topological polar surface area (TPSA) is 107 Å². The van der Waals surface area contributed by atoms with Gasteiger partial charge in [-0.25, -0.2) is 0 Å². The van der Waals surface area contributed by atoms with Gasteiger partial charge in [0.05, 0.1) is 11.4 Å². The number of ether oxygens (including phenoxy) is 2. The Balaban J connectivity index is 1.20. The molecule has 0 saturated carbocycles. The van der Waals surface area contributed by atoms with Crippen LogP contribution in [0.15, 0.2) is 109 Å². The predicted molar refractivity (Wildman–Crippen MR) is 162 cm³/mol. The fourth-order valence-electron chi connectivity index (χ4n) is 4.14. The molecule has 0 aliphatic heterocycles. The number of anilines is 2. The Bertz CT molecular complexity index is 1300. The SMILES string of the molecule is CC(CC(=N)C(=O)C(=N)CC(C)Nc1ccc(Oc2ccccc2)cc1)Nc1ccc(Oc2ccccc2)cc1. The van der Waals surface area contributed by atoms with Crippen LogP contribution < -0.4 is 20.1 Å². The van der Waals surface area contributed by atoms with Gasteiger partial charge in [-0.05, 0) is 86.6 Å². The lowest BCUT2D eigenvalue weighted by atomic mass is 10.00. The maximum atomic E-state index is 12.7. The van der Waals surface area contributed by atoms with Gasteiger partial charge in [-0.1, -0.05) is 36.4 Å². The number of benzene rings is 4. The lowest BCUT2D eigenvalue weighted by Gasteiger charge is -2.18. The molecule has 2 unspecified atom stereocenters. The minimum Gasteiger partial charge on any atom is -0.457 e. The van der Waals surface area contributed by atoms with Gasteiger partial charge in [0.2, 0.25) is 5.78 Å². The van der Waals surface area contributed by atoms with E-state index in [1.807, 2.05) is 123 Å². The summed E-state index contributed by atoms with van der Waals surface area (Å²) in [5.74, 6) is 2.45. The van der Waals surface area contributed by atoms with Crippen molar-refractivity contribution in [2.24, 2.45) is 0 Å². The van der Waals surface area contributed by atoms with E-state index in [4.69, 9.17) is 20.3 Å². The summed E-state index contributed by atoms with van der Waals surface area (Å²) in [6.45, 7) is 3.82. The normalized spacial score (nSPS) is 12.1. The molecular formula is C33H34N4O3. The Morgan fingerprint density at radius 2 is 0.900 bits per heavy atom. The number of rotatable bonds is 14. The van der Waals surface area contributed by atoms with Crippen molar-refractivity contribution < 1.29 is 14.3 Å². The van der Waals surface area contributed by atoms with E-state index in [1.165, 1.54) is 0 Å². The van der Waals surface area contributed by atoms with Gasteiger partial charge in [-0.15, -0.1) is 0 Å². The summed E-state index contributed by atoms with van der Waals surface area (Å²) in [6.07, 6.45) is 0.433. The van der Waals surface area contributed by atoms with Crippen molar-refractivity contribution in [1.82, 2.24) is 0 Å². The van der Waals surface area contributed by atoms with E-state index >= 15 is 0 Å². The molecule has 0 heterocycles. The van der Waals surface area contributed by atoms with Crippen molar-refractivity contribution in [2.75, 3.05) is 10.6 Å². The molecule has 0 fully saturated rings. The molecule has 0 spiro atoms. The van der Waals surface area contributed by atoms with Crippen LogP contribution in [0.5, 0.6) is 23.0 Å². The highest BCUT2D eigenvalue weighted by molar-refractivity contribution is 6.65. The van der Waals surface area contributed by atoms with Crippen molar-refractivity contribution in [3.05, 3.63) is 109 Å². The standard InChI is InChI=1S/C33H34N4O3/c1-23(36-25-13-17-29(18-14-25)39-27-9-5-3-6-10-27)21-31(34)33(38)32(35)22-24(2)37-26-15-19-30(20-16-26)40-28-11-7-4-8-12-28/h3-20,23-24,34-37H,21-22H2,1-2H3. The van der Waals surface area contributed by atoms with Gasteiger partial charge in [0, 0.05) is 36.3 Å². The van der Waals surface area contributed by atoms with E-state index in [1.54, 1.807) is 0 Å². The van der Waals surface area contributed by atoms with Gasteiger partial charge in [-0.3, -0.25) is 4.79 Å². The van der Waals surface area contributed by atoms with Crippen molar-refractivity contribution >= 4 is 28.6 Å². The summed E-state index contributed by atoms with van der Waals surface area (Å²) >= 11 is 0. The molecule has 4 rings (SSSR count). The molecular weight excluding hydrogens is 500 g/mol. The lowest BCUT2D eigenvalue weighted by Crippen LogP contribution is -2.31. The summed E-state index contributed by atoms with van der Waals surface area (Å²) in [5.41, 5.74) is 1.56. The largest absolute Gasteiger partial charge is 0.457 e. The van der Waals surface area contributed by atoms with Gasteiger partial charge in [0.15, 0.2) is 0 Å². The van der Waals surface area contributed by atoms with Crippen LogP contribution in [0.3, 0.4) is 0 Å². The van der Waals surface area contributed by atoms with Crippen LogP contribution in [0.1, 0.15) is 26.7 Å². The fourth-order valence-corrected chi connectivity index (χ4v) is 4.14. The van der Waals surface area contributed by atoms with E-state index < -0.39 is 5.78 Å². The molecule has 204 valence electrons. The van der Waals surface area contributed by atoms with Crippen LogP contribution in [0.25, 0.3) is 0 Å². The van der Waals surface area contributed by atoms with Gasteiger partial charge < -0.3 is 30.9 Å². The summed E-state index contributed by atoms with van der Waals surface area (Å²) < 4.78 is 11.6. The first-order chi connectivity index (χ1) is 19.4. The van der Waals surface area contributed by atoms with Gasteiger partial charge in [0.25, 0.3) is 0 Å². The molecule has 2 atom stereocenters. The number of ketones is 1. The van der Waals surface area contributed by atoms with E-state index in [0.717, 1.165) is 34.4 Å². The van der Waals surface area contributed by atoms with Crippen molar-refractivity contribution in [3.63, 3.8) is 0 Å². The van der Waals surface area contributed by atoms with Crippen LogP contribution in [0, 0.1) is 10.8 Å². The fraction of sp³-hybridized carbons (Fsp3) is 0.182. The Kier molecular flexibility index (Phi) is 9.67. The summed E-state index contributed by atoms with van der Waals surface area (Å²) in [4.78, 5) is 12.7. The Morgan fingerprint density at radius 1 is 0.575 bits per heavy atom. The van der Waals surface area contributed by atoms with Gasteiger partial charge in [-0.2, -0.15) is 0 Å². The van der Waals surface area contributed by atoms with Crippen molar-refractivity contribution in [1.29, 1.82) is 10.8 Å². The minimum atomic E-state index is -0.527. The van der Waals surface area contributed by atoms with Gasteiger partial charge in [0.1, 0.15) is 23.0 Å². The third-order valence-electron chi connectivity index (χ3n) is 6.06. The van der Waals surface area contributed by atoms with Crippen LogP contribution in [-0.4, -0.2) is 29.3 Å². The van der Waals surface area contributed by atoms with Gasteiger partial charge >= 0.3 is 0 Å². The highest BCUT2D eigenvalue weighted by Crippen LogP contribution is 2.24. The van der Waals surface area contributed by atoms with E-state index in [0.29, 0.717) is 0 Å². The quantitative estimate of drug-likeness (QED) is 0.123. The molecule has 7 nitrogen and oxygen atoms in total. The lowest BCUT2D eigenvalue weighted by molar-refractivity contribution is -0.107. The molecule has 7 heteroatoms. The highest BCUT2D eigenvalue weighted by atomic mass is 16.5. The first-order valence-electron chi connectivity index (χ1n) is 13.2. The highest BCUT2D eigenvalue weighted by Gasteiger charge is 2.20. The van der Waals surface area contributed by atoms with Crippen LogP contribution >= 0.6 is 0 Å². The number of carbonyl (C=O) groups is 1. The number of nitrogens with one attached hydrogen (secondary N) is 4. The minimum absolute atomic E-state index is 0.0800.